The number of nitro groups is 1. The van der Waals surface area contributed by atoms with Crippen LogP contribution in [0.4, 0.5) is 11.4 Å². The number of benzene rings is 2. The summed E-state index contributed by atoms with van der Waals surface area (Å²) in [6.45, 7) is 1.23. The number of carbonyl (C=O) groups excluding carboxylic acids is 3. The maximum atomic E-state index is 13.9. The SMILES string of the molecule is O=C(COc1ccccc1[C@H]1c2sc(=O)[nH]c2SC2C(=O)N(c3ccc([N+](=O)[O-])cc3)C(=O)C21)N1CCCCC1. The van der Waals surface area contributed by atoms with Gasteiger partial charge in [0, 0.05) is 41.6 Å². The molecule has 0 radical (unpaired) electrons. The van der Waals surface area contributed by atoms with Crippen LogP contribution in [-0.2, 0) is 14.4 Å². The number of ether oxygens (including phenoxy) is 1. The molecule has 3 aliphatic rings. The smallest absolute Gasteiger partial charge is 0.305 e. The number of nitrogens with zero attached hydrogens (tertiary/aromatic N) is 3. The standard InChI is InChI=1S/C27H24N4O7S2/c32-19(29-12-4-1-5-13-29)14-38-18-7-3-2-6-17(18)20-21-23(39-24-22(20)40-27(35)28-24)26(34)30(25(21)33)15-8-10-16(11-9-15)31(36)37/h2-3,6-11,20-21,23H,1,4-5,12-14H2,(H,28,35)/t20-,21?,23?/m1/s1. The summed E-state index contributed by atoms with van der Waals surface area (Å²) >= 11 is 2.12. The summed E-state index contributed by atoms with van der Waals surface area (Å²) in [7, 11) is 0. The molecule has 2 saturated heterocycles. The number of anilines is 1. The van der Waals surface area contributed by atoms with E-state index >= 15 is 0 Å². The minimum atomic E-state index is -0.853. The Morgan fingerprint density at radius 2 is 1.75 bits per heavy atom. The summed E-state index contributed by atoms with van der Waals surface area (Å²) in [5.41, 5.74) is 0.688. The fourth-order valence-electron chi connectivity index (χ4n) is 5.57. The number of carbonyl (C=O) groups is 3. The molecule has 2 fully saturated rings. The molecule has 1 aromatic heterocycles. The molecule has 13 heteroatoms. The van der Waals surface area contributed by atoms with Crippen LogP contribution in [0.1, 0.15) is 35.6 Å². The van der Waals surface area contributed by atoms with E-state index < -0.39 is 33.8 Å². The molecule has 3 aliphatic heterocycles. The number of aromatic nitrogens is 1. The number of piperidine rings is 1. The Kier molecular flexibility index (Phi) is 6.92. The monoisotopic (exact) mass is 580 g/mol. The quantitative estimate of drug-likeness (QED) is 0.265. The minimum absolute atomic E-state index is 0.116. The third kappa shape index (κ3) is 4.58. The highest BCUT2D eigenvalue weighted by atomic mass is 32.2. The van der Waals surface area contributed by atoms with Gasteiger partial charge in [-0.3, -0.25) is 29.3 Å². The van der Waals surface area contributed by atoms with Crippen LogP contribution >= 0.6 is 23.1 Å². The van der Waals surface area contributed by atoms with Gasteiger partial charge in [0.15, 0.2) is 6.61 Å². The second kappa shape index (κ2) is 10.5. The van der Waals surface area contributed by atoms with Gasteiger partial charge >= 0.3 is 4.87 Å². The van der Waals surface area contributed by atoms with Gasteiger partial charge in [0.2, 0.25) is 11.8 Å². The van der Waals surface area contributed by atoms with Gasteiger partial charge in [-0.15, -0.1) is 0 Å². The number of rotatable bonds is 6. The first kappa shape index (κ1) is 26.3. The Balaban J connectivity index is 1.35. The van der Waals surface area contributed by atoms with Gasteiger partial charge in [-0.1, -0.05) is 41.3 Å². The largest absolute Gasteiger partial charge is 0.483 e. The summed E-state index contributed by atoms with van der Waals surface area (Å²) in [5.74, 6) is -2.16. The van der Waals surface area contributed by atoms with Crippen molar-refractivity contribution in [1.29, 1.82) is 0 Å². The average Bonchev–Trinajstić information content (AvgIpc) is 3.46. The van der Waals surface area contributed by atoms with Crippen LogP contribution in [0.2, 0.25) is 0 Å². The fourth-order valence-corrected chi connectivity index (χ4v) is 8.08. The highest BCUT2D eigenvalue weighted by Crippen LogP contribution is 2.54. The van der Waals surface area contributed by atoms with E-state index in [1.165, 1.54) is 24.3 Å². The number of aromatic amines is 1. The maximum absolute atomic E-state index is 13.9. The molecule has 40 heavy (non-hydrogen) atoms. The third-order valence-electron chi connectivity index (χ3n) is 7.46. The zero-order valence-electron chi connectivity index (χ0n) is 21.1. The van der Waals surface area contributed by atoms with Gasteiger partial charge in [0.25, 0.3) is 11.6 Å². The molecule has 0 aliphatic carbocycles. The minimum Gasteiger partial charge on any atom is -0.483 e. The first-order valence-electron chi connectivity index (χ1n) is 12.8. The summed E-state index contributed by atoms with van der Waals surface area (Å²) in [4.78, 5) is 69.3. The molecule has 3 aromatic rings. The van der Waals surface area contributed by atoms with Crippen molar-refractivity contribution in [1.82, 2.24) is 9.88 Å². The molecule has 1 N–H and O–H groups in total. The van der Waals surface area contributed by atoms with Crippen LogP contribution in [0.3, 0.4) is 0 Å². The van der Waals surface area contributed by atoms with Crippen molar-refractivity contribution in [3.8, 4) is 5.75 Å². The van der Waals surface area contributed by atoms with Crippen molar-refractivity contribution in [3.05, 3.63) is 78.8 Å². The van der Waals surface area contributed by atoms with Crippen LogP contribution in [0.15, 0.2) is 58.4 Å². The van der Waals surface area contributed by atoms with Crippen LogP contribution in [0.25, 0.3) is 0 Å². The second-order valence-corrected chi connectivity index (χ2v) is 12.0. The van der Waals surface area contributed by atoms with Gasteiger partial charge in [0.05, 0.1) is 21.6 Å². The summed E-state index contributed by atoms with van der Waals surface area (Å²) in [6.07, 6.45) is 3.02. The number of fused-ring (bicyclic) bond motifs is 2. The van der Waals surface area contributed by atoms with Crippen molar-refractivity contribution in [2.75, 3.05) is 24.6 Å². The van der Waals surface area contributed by atoms with E-state index in [1.807, 2.05) is 0 Å². The summed E-state index contributed by atoms with van der Waals surface area (Å²) < 4.78 is 6.03. The van der Waals surface area contributed by atoms with E-state index in [4.69, 9.17) is 4.74 Å². The van der Waals surface area contributed by atoms with Crippen molar-refractivity contribution < 1.29 is 24.0 Å². The molecule has 0 bridgehead atoms. The summed E-state index contributed by atoms with van der Waals surface area (Å²) in [5, 5.41) is 10.8. The Morgan fingerprint density at radius 3 is 2.48 bits per heavy atom. The number of H-pyrrole nitrogens is 1. The molecule has 3 amide bonds. The lowest BCUT2D eigenvalue weighted by atomic mass is 9.82. The van der Waals surface area contributed by atoms with Gasteiger partial charge < -0.3 is 14.6 Å². The fraction of sp³-hybridized carbons (Fsp3) is 0.333. The molecular formula is C27H24N4O7S2. The van der Waals surface area contributed by atoms with Crippen LogP contribution < -0.4 is 14.5 Å². The van der Waals surface area contributed by atoms with Crippen molar-refractivity contribution >= 4 is 52.2 Å². The van der Waals surface area contributed by atoms with Gasteiger partial charge in [-0.2, -0.15) is 0 Å². The first-order valence-corrected chi connectivity index (χ1v) is 14.5. The lowest BCUT2D eigenvalue weighted by Gasteiger charge is -2.31. The number of para-hydroxylation sites is 1. The van der Waals surface area contributed by atoms with Crippen molar-refractivity contribution in [2.24, 2.45) is 5.92 Å². The molecule has 2 aromatic carbocycles. The number of likely N-dealkylation sites (tertiary alicyclic amines) is 1. The Bertz CT molecular complexity index is 1560. The van der Waals surface area contributed by atoms with Gasteiger partial charge in [-0.05, 0) is 37.5 Å². The average molecular weight is 581 g/mol. The van der Waals surface area contributed by atoms with E-state index in [0.29, 0.717) is 34.3 Å². The highest BCUT2D eigenvalue weighted by Gasteiger charge is 2.56. The van der Waals surface area contributed by atoms with Crippen LogP contribution in [-0.4, -0.2) is 57.5 Å². The maximum Gasteiger partial charge on any atom is 0.305 e. The zero-order valence-corrected chi connectivity index (χ0v) is 22.7. The third-order valence-corrected chi connectivity index (χ3v) is 9.86. The van der Waals surface area contributed by atoms with Crippen LogP contribution in [0.5, 0.6) is 5.75 Å². The second-order valence-electron chi connectivity index (χ2n) is 9.80. The molecule has 0 spiro atoms. The Hall–Kier alpha value is -3.97. The predicted molar refractivity (Wildman–Crippen MR) is 148 cm³/mol. The molecule has 2 unspecified atom stereocenters. The first-order chi connectivity index (χ1) is 19.3. The number of hydrogen-bond acceptors (Lipinski definition) is 9. The Labute approximate surface area is 236 Å². The number of nitro benzene ring substituents is 1. The lowest BCUT2D eigenvalue weighted by Crippen LogP contribution is -2.38. The van der Waals surface area contributed by atoms with Gasteiger partial charge in [-0.25, -0.2) is 4.90 Å². The number of thiazole rings is 1. The number of nitrogens with one attached hydrogen (secondary N) is 1. The highest BCUT2D eigenvalue weighted by molar-refractivity contribution is 8.00. The molecule has 206 valence electrons. The number of thioether (sulfide) groups is 1. The number of amides is 3. The Morgan fingerprint density at radius 1 is 1.02 bits per heavy atom. The molecule has 3 atom stereocenters. The molecule has 0 saturated carbocycles. The predicted octanol–water partition coefficient (Wildman–Crippen LogP) is 3.53. The molecular weight excluding hydrogens is 556 g/mol. The van der Waals surface area contributed by atoms with E-state index in [2.05, 4.69) is 4.98 Å². The number of hydrogen-bond donors (Lipinski definition) is 1. The molecule has 11 nitrogen and oxygen atoms in total. The normalized spacial score (nSPS) is 22.1. The van der Waals surface area contributed by atoms with Crippen molar-refractivity contribution in [3.63, 3.8) is 0 Å². The lowest BCUT2D eigenvalue weighted by molar-refractivity contribution is -0.384. The van der Waals surface area contributed by atoms with E-state index in [0.717, 1.165) is 47.3 Å². The molecule has 6 rings (SSSR count). The van der Waals surface area contributed by atoms with E-state index in [1.54, 1.807) is 29.2 Å². The van der Waals surface area contributed by atoms with Crippen molar-refractivity contribution in [2.45, 2.75) is 35.5 Å². The van der Waals surface area contributed by atoms with Gasteiger partial charge in [0.1, 0.15) is 11.0 Å². The zero-order chi connectivity index (χ0) is 28.0. The van der Waals surface area contributed by atoms with E-state index in [-0.39, 0.29) is 28.8 Å². The topological polar surface area (TPSA) is 143 Å². The van der Waals surface area contributed by atoms with E-state index in [9.17, 15) is 29.3 Å². The van der Waals surface area contributed by atoms with Crippen LogP contribution in [0, 0.1) is 16.0 Å². The number of imide groups is 1. The molecule has 4 heterocycles. The number of non-ortho nitro benzene ring substituents is 1. The summed E-state index contributed by atoms with van der Waals surface area (Å²) in [6, 6.07) is 12.3.